The Balaban J connectivity index is 2.17. The van der Waals surface area contributed by atoms with Crippen LogP contribution < -0.4 is 0 Å². The Morgan fingerprint density at radius 3 is 1.96 bits per heavy atom. The summed E-state index contributed by atoms with van der Waals surface area (Å²) in [6.07, 6.45) is -1.38. The number of ether oxygens (including phenoxy) is 1. The van der Waals surface area contributed by atoms with Gasteiger partial charge in [0, 0.05) is 13.0 Å². The van der Waals surface area contributed by atoms with Crippen LogP contribution in [0, 0.1) is 0 Å². The van der Waals surface area contributed by atoms with Crippen LogP contribution in [-0.4, -0.2) is 39.2 Å². The van der Waals surface area contributed by atoms with Crippen LogP contribution in [0.1, 0.15) is 24.0 Å². The number of carbonyl (C=O) groups excluding carboxylic acids is 1. The van der Waals surface area contributed by atoms with Crippen LogP contribution in [-0.2, 0) is 27.5 Å². The van der Waals surface area contributed by atoms with E-state index in [1.54, 1.807) is 54.6 Å². The van der Waals surface area contributed by atoms with Crippen LogP contribution in [0.4, 0.5) is 4.79 Å². The van der Waals surface area contributed by atoms with Gasteiger partial charge < -0.3 is 14.9 Å². The van der Waals surface area contributed by atoms with Crippen molar-refractivity contribution in [2.45, 2.75) is 32.0 Å². The van der Waals surface area contributed by atoms with Gasteiger partial charge in [-0.2, -0.15) is 0 Å². The number of benzene rings is 2. The molecule has 0 radical (unpaired) electrons. The minimum atomic E-state index is -1.30. The largest absolute Gasteiger partial charge is 0.481 e. The summed E-state index contributed by atoms with van der Waals surface area (Å²) >= 11 is 0. The Morgan fingerprint density at radius 1 is 0.889 bits per heavy atom. The first-order valence-electron chi connectivity index (χ1n) is 8.43. The van der Waals surface area contributed by atoms with Crippen LogP contribution in [0.25, 0.3) is 0 Å². The van der Waals surface area contributed by atoms with Gasteiger partial charge in [-0.25, -0.2) is 9.59 Å². The third-order valence-electron chi connectivity index (χ3n) is 3.93. The molecule has 0 heterocycles. The molecular weight excluding hydrogens is 350 g/mol. The highest BCUT2D eigenvalue weighted by molar-refractivity contribution is 5.80. The van der Waals surface area contributed by atoms with Crippen LogP contribution in [0.2, 0.25) is 0 Å². The molecule has 0 spiro atoms. The van der Waals surface area contributed by atoms with Gasteiger partial charge in [-0.3, -0.25) is 9.69 Å². The number of nitrogens with zero attached hydrogens (tertiary/aromatic N) is 1. The quantitative estimate of drug-likeness (QED) is 0.702. The van der Waals surface area contributed by atoms with Crippen molar-refractivity contribution in [3.05, 3.63) is 71.8 Å². The predicted octanol–water partition coefficient (Wildman–Crippen LogP) is 3.14. The lowest BCUT2D eigenvalue weighted by molar-refractivity contribution is -0.144. The number of hydrogen-bond acceptors (Lipinski definition) is 4. The van der Waals surface area contributed by atoms with Crippen molar-refractivity contribution in [3.8, 4) is 0 Å². The maximum Gasteiger partial charge on any atom is 0.411 e. The van der Waals surface area contributed by atoms with Crippen LogP contribution in [0.3, 0.4) is 0 Å². The lowest BCUT2D eigenvalue weighted by Crippen LogP contribution is -2.45. The summed E-state index contributed by atoms with van der Waals surface area (Å²) in [6, 6.07) is 16.6. The molecule has 0 unspecified atom stereocenters. The van der Waals surface area contributed by atoms with Crippen molar-refractivity contribution in [1.82, 2.24) is 4.90 Å². The second-order valence-electron chi connectivity index (χ2n) is 5.94. The van der Waals surface area contributed by atoms with Crippen molar-refractivity contribution in [3.63, 3.8) is 0 Å². The van der Waals surface area contributed by atoms with Crippen LogP contribution >= 0.6 is 0 Å². The molecule has 2 aromatic rings. The zero-order valence-corrected chi connectivity index (χ0v) is 14.7. The minimum absolute atomic E-state index is 0.00374. The predicted molar refractivity (Wildman–Crippen MR) is 96.9 cm³/mol. The summed E-state index contributed by atoms with van der Waals surface area (Å²) in [7, 11) is 0. The number of carboxylic acids is 2. The molecule has 0 aromatic heterocycles. The van der Waals surface area contributed by atoms with E-state index >= 15 is 0 Å². The van der Waals surface area contributed by atoms with E-state index in [4.69, 9.17) is 9.84 Å². The van der Waals surface area contributed by atoms with Gasteiger partial charge in [0.1, 0.15) is 12.6 Å². The first-order chi connectivity index (χ1) is 13.0. The Morgan fingerprint density at radius 2 is 1.44 bits per heavy atom. The minimum Gasteiger partial charge on any atom is -0.481 e. The van der Waals surface area contributed by atoms with Crippen molar-refractivity contribution < 1.29 is 29.3 Å². The molecule has 1 amide bonds. The van der Waals surface area contributed by atoms with E-state index < -0.39 is 24.1 Å². The number of carboxylic acid groups (broad SMARTS) is 2. The monoisotopic (exact) mass is 371 g/mol. The molecule has 0 aliphatic heterocycles. The van der Waals surface area contributed by atoms with Crippen LogP contribution in [0.5, 0.6) is 0 Å². The Kier molecular flexibility index (Phi) is 7.37. The second-order valence-corrected chi connectivity index (χ2v) is 5.94. The maximum absolute atomic E-state index is 12.6. The van der Waals surface area contributed by atoms with Gasteiger partial charge in [-0.15, -0.1) is 0 Å². The fourth-order valence-electron chi connectivity index (χ4n) is 2.56. The highest BCUT2D eigenvalue weighted by Gasteiger charge is 2.31. The molecule has 7 nitrogen and oxygen atoms in total. The molecule has 0 saturated carbocycles. The van der Waals surface area contributed by atoms with Gasteiger partial charge in [0.15, 0.2) is 0 Å². The second kappa shape index (κ2) is 9.96. The Hall–Kier alpha value is -3.35. The molecule has 0 aliphatic rings. The standard InChI is InChI=1S/C20H21NO6/c22-18(23)12-11-17(19(24)25)21(13-15-7-3-1-4-8-15)20(26)27-14-16-9-5-2-6-10-16/h1-10,17H,11-14H2,(H,22,23)(H,24,25)/t17-/m1/s1. The van der Waals surface area contributed by atoms with E-state index in [1.807, 2.05) is 6.07 Å². The summed E-state index contributed by atoms with van der Waals surface area (Å²) < 4.78 is 5.28. The molecular formula is C20H21NO6. The van der Waals surface area contributed by atoms with E-state index in [-0.39, 0.29) is 26.0 Å². The number of carbonyl (C=O) groups is 3. The number of amides is 1. The average Bonchev–Trinajstić information content (AvgIpc) is 2.66. The van der Waals surface area contributed by atoms with Gasteiger partial charge >= 0.3 is 18.0 Å². The molecule has 0 fully saturated rings. The summed E-state index contributed by atoms with van der Waals surface area (Å²) in [5, 5.41) is 18.4. The smallest absolute Gasteiger partial charge is 0.411 e. The summed E-state index contributed by atoms with van der Waals surface area (Å²) in [4.78, 5) is 36.2. The molecule has 2 rings (SSSR count). The number of aliphatic carboxylic acids is 2. The normalized spacial score (nSPS) is 11.4. The molecule has 1 atom stereocenters. The number of hydrogen-bond donors (Lipinski definition) is 2. The van der Waals surface area contributed by atoms with E-state index in [0.717, 1.165) is 16.0 Å². The SMILES string of the molecule is O=C(O)CC[C@H](C(=O)O)N(Cc1ccccc1)C(=O)OCc1ccccc1. The highest BCUT2D eigenvalue weighted by atomic mass is 16.6. The topological polar surface area (TPSA) is 104 Å². The Labute approximate surface area is 156 Å². The molecule has 0 aliphatic carbocycles. The zero-order chi connectivity index (χ0) is 19.6. The van der Waals surface area contributed by atoms with Crippen molar-refractivity contribution in [2.24, 2.45) is 0 Å². The average molecular weight is 371 g/mol. The van der Waals surface area contributed by atoms with Crippen molar-refractivity contribution in [2.75, 3.05) is 0 Å². The fraction of sp³-hybridized carbons (Fsp3) is 0.250. The maximum atomic E-state index is 12.6. The number of rotatable bonds is 9. The molecule has 142 valence electrons. The first-order valence-corrected chi connectivity index (χ1v) is 8.43. The van der Waals surface area contributed by atoms with Gasteiger partial charge in [-0.1, -0.05) is 60.7 Å². The fourth-order valence-corrected chi connectivity index (χ4v) is 2.56. The lowest BCUT2D eigenvalue weighted by atomic mass is 10.1. The van der Waals surface area contributed by atoms with Gasteiger partial charge in [0.25, 0.3) is 0 Å². The van der Waals surface area contributed by atoms with Crippen molar-refractivity contribution in [1.29, 1.82) is 0 Å². The van der Waals surface area contributed by atoms with E-state index in [2.05, 4.69) is 0 Å². The first kappa shape index (κ1) is 20.0. The van der Waals surface area contributed by atoms with Crippen LogP contribution in [0.15, 0.2) is 60.7 Å². The summed E-state index contributed by atoms with van der Waals surface area (Å²) in [5.74, 6) is -2.40. The van der Waals surface area contributed by atoms with E-state index in [0.29, 0.717) is 0 Å². The molecule has 0 bridgehead atoms. The van der Waals surface area contributed by atoms with Crippen molar-refractivity contribution >= 4 is 18.0 Å². The zero-order valence-electron chi connectivity index (χ0n) is 14.7. The third kappa shape index (κ3) is 6.47. The molecule has 0 saturated heterocycles. The summed E-state index contributed by atoms with van der Waals surface area (Å²) in [5.41, 5.74) is 1.48. The summed E-state index contributed by atoms with van der Waals surface area (Å²) in [6.45, 7) is 0.00127. The Bertz CT molecular complexity index is 763. The molecule has 2 aromatic carbocycles. The van der Waals surface area contributed by atoms with E-state index in [1.165, 1.54) is 0 Å². The molecule has 2 N–H and O–H groups in total. The molecule has 7 heteroatoms. The van der Waals surface area contributed by atoms with Gasteiger partial charge in [0.05, 0.1) is 0 Å². The third-order valence-corrected chi connectivity index (χ3v) is 3.93. The van der Waals surface area contributed by atoms with Gasteiger partial charge in [0.2, 0.25) is 0 Å². The van der Waals surface area contributed by atoms with Gasteiger partial charge in [-0.05, 0) is 17.5 Å². The lowest BCUT2D eigenvalue weighted by Gasteiger charge is -2.28. The highest BCUT2D eigenvalue weighted by Crippen LogP contribution is 2.16. The molecule has 27 heavy (non-hydrogen) atoms. The van der Waals surface area contributed by atoms with E-state index in [9.17, 15) is 19.5 Å².